The van der Waals surface area contributed by atoms with Gasteiger partial charge in [-0.2, -0.15) is 0 Å². The predicted octanol–water partition coefficient (Wildman–Crippen LogP) is 23.7. The van der Waals surface area contributed by atoms with Crippen LogP contribution < -0.4 is 0 Å². The molecule has 0 amide bonds. The van der Waals surface area contributed by atoms with Crippen molar-refractivity contribution in [2.75, 3.05) is 39.6 Å². The van der Waals surface area contributed by atoms with E-state index >= 15 is 0 Å². The number of aliphatic hydroxyl groups is 1. The van der Waals surface area contributed by atoms with E-state index in [0.29, 0.717) is 25.7 Å². The fourth-order valence-corrected chi connectivity index (χ4v) is 13.5. The standard InChI is InChI=1S/C81H154O17P2/c1-8-10-11-12-13-14-15-16-18-22-25-34-41-48-55-62-78(83)91-68-76(97-80(85)64-57-50-43-36-26-23-20-17-19-21-24-31-38-45-52-59-72(3)4)70-95-99(87,88)93-66-75(82)67-94-100(89,90)96-71-77(69-92-79(84)63-56-49-42-35-29-27-32-39-46-53-60-73(5)6)98-81(86)65-58-51-44-37-30-28-33-40-47-54-61-74(7)9-2/h14-16,18,72-77,82H,8-13,17,19-71H2,1-7H3,(H,87,88)(H,89,90)/b15-14-,18-16-/t74?,75-,76-,77-/m1/s1. The molecule has 0 bridgehead atoms. The Bertz CT molecular complexity index is 2040. The molecular weight excluding hydrogens is 1310 g/mol. The molecule has 0 rings (SSSR count). The van der Waals surface area contributed by atoms with Crippen molar-refractivity contribution < 1.29 is 80.2 Å². The first-order valence-electron chi connectivity index (χ1n) is 41.2. The summed E-state index contributed by atoms with van der Waals surface area (Å²) in [6, 6.07) is 0. The molecule has 0 aromatic rings. The molecule has 0 aliphatic heterocycles. The number of esters is 4. The molecule has 0 saturated heterocycles. The molecule has 0 heterocycles. The van der Waals surface area contributed by atoms with E-state index in [2.05, 4.69) is 72.8 Å². The smallest absolute Gasteiger partial charge is 0.462 e. The van der Waals surface area contributed by atoms with E-state index in [4.69, 9.17) is 37.0 Å². The highest BCUT2D eigenvalue weighted by Crippen LogP contribution is 2.45. The summed E-state index contributed by atoms with van der Waals surface area (Å²) in [5.74, 6) is 0.218. The number of aliphatic hydroxyl groups excluding tert-OH is 1. The Hall–Kier alpha value is -2.46. The van der Waals surface area contributed by atoms with E-state index in [-0.39, 0.29) is 25.7 Å². The summed E-state index contributed by atoms with van der Waals surface area (Å²) in [5, 5.41) is 10.6. The normalized spacial score (nSPS) is 14.4. The molecule has 100 heavy (non-hydrogen) atoms. The van der Waals surface area contributed by atoms with Crippen LogP contribution in [0.15, 0.2) is 24.3 Å². The SMILES string of the molecule is CCCCCC/C=C\C=C/CCCCCCCC(=O)OC[C@H](COP(=O)(O)OC[C@@H](O)COP(=O)(O)OC[C@@H](COC(=O)CCCCCCCCCCCCC(C)C)OC(=O)CCCCCCCCCCCCC(C)CC)OC(=O)CCCCCCCCCCCCCCCCCC(C)C. The summed E-state index contributed by atoms with van der Waals surface area (Å²) < 4.78 is 68.7. The third kappa shape index (κ3) is 72.5. The molecule has 0 aromatic heterocycles. The minimum atomic E-state index is -4.97. The van der Waals surface area contributed by atoms with Gasteiger partial charge < -0.3 is 33.8 Å². The van der Waals surface area contributed by atoms with Crippen LogP contribution >= 0.6 is 15.6 Å². The zero-order chi connectivity index (χ0) is 73.7. The lowest BCUT2D eigenvalue weighted by atomic mass is 9.99. The van der Waals surface area contributed by atoms with Crippen molar-refractivity contribution in [3.05, 3.63) is 24.3 Å². The van der Waals surface area contributed by atoms with Crippen LogP contribution in [0.1, 0.15) is 395 Å². The topological polar surface area (TPSA) is 237 Å². The van der Waals surface area contributed by atoms with Gasteiger partial charge in [0.2, 0.25) is 0 Å². The van der Waals surface area contributed by atoms with Gasteiger partial charge in [0.05, 0.1) is 26.4 Å². The molecule has 3 unspecified atom stereocenters. The number of hydrogen-bond donors (Lipinski definition) is 3. The molecule has 6 atom stereocenters. The number of carbonyl (C=O) groups excluding carboxylic acids is 4. The van der Waals surface area contributed by atoms with Crippen molar-refractivity contribution >= 4 is 39.5 Å². The molecule has 0 aliphatic carbocycles. The van der Waals surface area contributed by atoms with Crippen molar-refractivity contribution in [1.82, 2.24) is 0 Å². The van der Waals surface area contributed by atoms with Gasteiger partial charge in [-0.05, 0) is 69.1 Å². The Morgan fingerprint density at radius 2 is 0.590 bits per heavy atom. The van der Waals surface area contributed by atoms with Gasteiger partial charge >= 0.3 is 39.5 Å². The molecule has 590 valence electrons. The maximum absolute atomic E-state index is 13.1. The molecule has 0 radical (unpaired) electrons. The molecule has 3 N–H and O–H groups in total. The van der Waals surface area contributed by atoms with Crippen LogP contribution in [0.5, 0.6) is 0 Å². The highest BCUT2D eigenvalue weighted by Gasteiger charge is 2.30. The first kappa shape index (κ1) is 97.5. The van der Waals surface area contributed by atoms with Crippen molar-refractivity contribution in [2.45, 2.75) is 414 Å². The van der Waals surface area contributed by atoms with Gasteiger partial charge in [0.1, 0.15) is 19.3 Å². The van der Waals surface area contributed by atoms with Gasteiger partial charge in [0, 0.05) is 25.7 Å². The summed E-state index contributed by atoms with van der Waals surface area (Å²) in [6.07, 6.45) is 61.7. The van der Waals surface area contributed by atoms with Crippen molar-refractivity contribution in [3.8, 4) is 0 Å². The van der Waals surface area contributed by atoms with Crippen LogP contribution in [0, 0.1) is 17.8 Å². The summed E-state index contributed by atoms with van der Waals surface area (Å²) in [4.78, 5) is 73.0. The van der Waals surface area contributed by atoms with E-state index < -0.39 is 97.5 Å². The van der Waals surface area contributed by atoms with Gasteiger partial charge in [-0.15, -0.1) is 0 Å². The van der Waals surface area contributed by atoms with Crippen LogP contribution in [0.4, 0.5) is 0 Å². The molecule has 0 aliphatic rings. The molecule has 17 nitrogen and oxygen atoms in total. The number of allylic oxidation sites excluding steroid dienone is 4. The van der Waals surface area contributed by atoms with Gasteiger partial charge in [-0.3, -0.25) is 37.3 Å². The number of carbonyl (C=O) groups is 4. The second-order valence-corrected chi connectivity index (χ2v) is 32.6. The Morgan fingerprint density at radius 3 is 0.890 bits per heavy atom. The summed E-state index contributed by atoms with van der Waals surface area (Å²) in [6.45, 7) is 11.9. The lowest BCUT2D eigenvalue weighted by Gasteiger charge is -2.21. The van der Waals surface area contributed by atoms with Crippen molar-refractivity contribution in [1.29, 1.82) is 0 Å². The van der Waals surface area contributed by atoms with Crippen LogP contribution in [-0.2, 0) is 65.4 Å². The number of phosphoric ester groups is 2. The monoisotopic (exact) mass is 1460 g/mol. The fraction of sp³-hybridized carbons (Fsp3) is 0.901. The second kappa shape index (κ2) is 70.8. The minimum Gasteiger partial charge on any atom is -0.462 e. The predicted molar refractivity (Wildman–Crippen MR) is 409 cm³/mol. The third-order valence-corrected chi connectivity index (χ3v) is 20.5. The van der Waals surface area contributed by atoms with Crippen molar-refractivity contribution in [2.24, 2.45) is 17.8 Å². The van der Waals surface area contributed by atoms with Gasteiger partial charge in [0.25, 0.3) is 0 Å². The average Bonchev–Trinajstić information content (AvgIpc) is 0.931. The van der Waals surface area contributed by atoms with E-state index in [9.17, 15) is 43.2 Å². The lowest BCUT2D eigenvalue weighted by molar-refractivity contribution is -0.161. The minimum absolute atomic E-state index is 0.101. The molecule has 0 saturated carbocycles. The quantitative estimate of drug-likeness (QED) is 0.0169. The molecule has 19 heteroatoms. The van der Waals surface area contributed by atoms with E-state index in [1.807, 2.05) is 0 Å². The number of hydrogen-bond acceptors (Lipinski definition) is 15. The Labute approximate surface area is 612 Å². The largest absolute Gasteiger partial charge is 0.472 e. The van der Waals surface area contributed by atoms with Crippen LogP contribution in [-0.4, -0.2) is 96.7 Å². The maximum atomic E-state index is 13.1. The third-order valence-electron chi connectivity index (χ3n) is 18.6. The molecule has 0 aromatic carbocycles. The second-order valence-electron chi connectivity index (χ2n) is 29.7. The Kier molecular flexibility index (Phi) is 69.1. The number of ether oxygens (including phenoxy) is 4. The van der Waals surface area contributed by atoms with Gasteiger partial charge in [-0.25, -0.2) is 9.13 Å². The van der Waals surface area contributed by atoms with Crippen molar-refractivity contribution in [3.63, 3.8) is 0 Å². The Balaban J connectivity index is 5.31. The zero-order valence-corrected chi connectivity index (χ0v) is 66.9. The molecule has 0 fully saturated rings. The highest BCUT2D eigenvalue weighted by atomic mass is 31.2. The average molecular weight is 1460 g/mol. The zero-order valence-electron chi connectivity index (χ0n) is 65.2. The number of phosphoric acid groups is 2. The fourth-order valence-electron chi connectivity index (χ4n) is 11.9. The molecule has 0 spiro atoms. The first-order valence-corrected chi connectivity index (χ1v) is 44.2. The molecular formula is C81H154O17P2. The van der Waals surface area contributed by atoms with E-state index in [1.54, 1.807) is 0 Å². The first-order chi connectivity index (χ1) is 48.3. The number of unbranched alkanes of at least 4 members (excludes halogenated alkanes) is 41. The van der Waals surface area contributed by atoms with Crippen LogP contribution in [0.3, 0.4) is 0 Å². The van der Waals surface area contributed by atoms with Crippen LogP contribution in [0.2, 0.25) is 0 Å². The number of rotatable bonds is 77. The van der Waals surface area contributed by atoms with E-state index in [1.165, 1.54) is 186 Å². The Morgan fingerprint density at radius 1 is 0.330 bits per heavy atom. The highest BCUT2D eigenvalue weighted by molar-refractivity contribution is 7.47. The lowest BCUT2D eigenvalue weighted by Crippen LogP contribution is -2.30. The van der Waals surface area contributed by atoms with Gasteiger partial charge in [-0.1, -0.05) is 342 Å². The van der Waals surface area contributed by atoms with E-state index in [0.717, 1.165) is 127 Å². The summed E-state index contributed by atoms with van der Waals surface area (Å²) >= 11 is 0. The van der Waals surface area contributed by atoms with Crippen LogP contribution in [0.25, 0.3) is 0 Å². The summed E-state index contributed by atoms with van der Waals surface area (Å²) in [7, 11) is -9.93. The summed E-state index contributed by atoms with van der Waals surface area (Å²) in [5.41, 5.74) is 0. The maximum Gasteiger partial charge on any atom is 0.472 e. The van der Waals surface area contributed by atoms with Gasteiger partial charge in [0.15, 0.2) is 12.2 Å².